The van der Waals surface area contributed by atoms with Crippen molar-refractivity contribution in [3.63, 3.8) is 0 Å². The topological polar surface area (TPSA) is 95.6 Å². The van der Waals surface area contributed by atoms with Crippen LogP contribution >= 0.6 is 0 Å². The van der Waals surface area contributed by atoms with Crippen molar-refractivity contribution < 1.29 is 0 Å². The molecule has 0 fully saturated rings. The van der Waals surface area contributed by atoms with E-state index in [-0.39, 0.29) is 5.95 Å². The lowest BCUT2D eigenvalue weighted by Crippen LogP contribution is -2.10. The van der Waals surface area contributed by atoms with Gasteiger partial charge >= 0.3 is 0 Å². The normalized spacial score (nSPS) is 11.1. The maximum absolute atomic E-state index is 5.84. The summed E-state index contributed by atoms with van der Waals surface area (Å²) in [7, 11) is 0. The fourth-order valence-corrected chi connectivity index (χ4v) is 1.92. The van der Waals surface area contributed by atoms with Crippen molar-refractivity contribution in [1.29, 1.82) is 0 Å². The van der Waals surface area contributed by atoms with Crippen LogP contribution in [0.5, 0.6) is 0 Å². The van der Waals surface area contributed by atoms with E-state index in [1.807, 2.05) is 11.6 Å². The Morgan fingerprint density at radius 3 is 2.67 bits per heavy atom. The van der Waals surface area contributed by atoms with E-state index in [0.717, 1.165) is 17.0 Å². The summed E-state index contributed by atoms with van der Waals surface area (Å²) < 4.78 is 1.99. The van der Waals surface area contributed by atoms with Crippen LogP contribution in [-0.2, 0) is 6.42 Å². The van der Waals surface area contributed by atoms with Gasteiger partial charge in [-0.05, 0) is 26.8 Å². The Labute approximate surface area is 106 Å². The van der Waals surface area contributed by atoms with Crippen LogP contribution < -0.4 is 11.5 Å². The molecule has 0 saturated carbocycles. The van der Waals surface area contributed by atoms with Gasteiger partial charge in [0.05, 0.1) is 5.69 Å². The quantitative estimate of drug-likeness (QED) is 0.851. The SMILES string of the molecule is Cc1cc(Cc2cnc(N)nc2N)n(C(C)C)n1. The van der Waals surface area contributed by atoms with E-state index in [1.54, 1.807) is 6.20 Å². The summed E-state index contributed by atoms with van der Waals surface area (Å²) in [5, 5.41) is 4.46. The second-order valence-electron chi connectivity index (χ2n) is 4.63. The number of rotatable bonds is 3. The summed E-state index contributed by atoms with van der Waals surface area (Å²) in [6.07, 6.45) is 2.33. The van der Waals surface area contributed by atoms with Crippen molar-refractivity contribution in [2.75, 3.05) is 11.5 Å². The van der Waals surface area contributed by atoms with Crippen LogP contribution in [0.1, 0.15) is 36.8 Å². The number of nitrogens with zero attached hydrogens (tertiary/aromatic N) is 4. The molecule has 0 spiro atoms. The minimum atomic E-state index is 0.199. The molecule has 0 saturated heterocycles. The standard InChI is InChI=1S/C12H18N6/c1-7(2)18-10(4-8(3)17-18)5-9-6-15-12(14)16-11(9)13/h4,6-7H,5H2,1-3H3,(H4,13,14,15,16). The number of hydrogen-bond acceptors (Lipinski definition) is 5. The predicted octanol–water partition coefficient (Wildman–Crippen LogP) is 1.32. The Morgan fingerprint density at radius 2 is 2.06 bits per heavy atom. The highest BCUT2D eigenvalue weighted by molar-refractivity contribution is 5.43. The van der Waals surface area contributed by atoms with Gasteiger partial charge in [0.25, 0.3) is 0 Å². The van der Waals surface area contributed by atoms with E-state index in [0.29, 0.717) is 18.3 Å². The molecule has 2 rings (SSSR count). The van der Waals surface area contributed by atoms with Gasteiger partial charge in [0, 0.05) is 29.9 Å². The zero-order valence-electron chi connectivity index (χ0n) is 10.9. The summed E-state index contributed by atoms with van der Waals surface area (Å²) in [5.41, 5.74) is 14.3. The maximum Gasteiger partial charge on any atom is 0.221 e. The first-order chi connectivity index (χ1) is 8.47. The smallest absolute Gasteiger partial charge is 0.221 e. The molecule has 0 aliphatic rings. The van der Waals surface area contributed by atoms with Crippen LogP contribution in [-0.4, -0.2) is 19.7 Å². The minimum Gasteiger partial charge on any atom is -0.383 e. The number of aryl methyl sites for hydroxylation is 1. The molecule has 18 heavy (non-hydrogen) atoms. The molecule has 6 nitrogen and oxygen atoms in total. The van der Waals surface area contributed by atoms with Gasteiger partial charge < -0.3 is 11.5 Å². The fraction of sp³-hybridized carbons (Fsp3) is 0.417. The lowest BCUT2D eigenvalue weighted by atomic mass is 10.1. The van der Waals surface area contributed by atoms with Crippen molar-refractivity contribution in [2.45, 2.75) is 33.2 Å². The molecule has 0 aromatic carbocycles. The van der Waals surface area contributed by atoms with Gasteiger partial charge in [0.15, 0.2) is 0 Å². The van der Waals surface area contributed by atoms with Gasteiger partial charge in [0.2, 0.25) is 5.95 Å². The molecule has 0 unspecified atom stereocenters. The third-order valence-corrected chi connectivity index (χ3v) is 2.71. The van der Waals surface area contributed by atoms with Crippen LogP contribution in [0, 0.1) is 6.92 Å². The van der Waals surface area contributed by atoms with Crippen molar-refractivity contribution in [2.24, 2.45) is 0 Å². The summed E-state index contributed by atoms with van der Waals surface area (Å²) in [6, 6.07) is 2.36. The molecular formula is C12H18N6. The number of hydrogen-bond donors (Lipinski definition) is 2. The monoisotopic (exact) mass is 246 g/mol. The van der Waals surface area contributed by atoms with E-state index in [4.69, 9.17) is 11.5 Å². The number of nitrogen functional groups attached to an aromatic ring is 2. The van der Waals surface area contributed by atoms with Gasteiger partial charge in [-0.25, -0.2) is 4.98 Å². The van der Waals surface area contributed by atoms with Gasteiger partial charge in [-0.15, -0.1) is 0 Å². The van der Waals surface area contributed by atoms with E-state index in [1.165, 1.54) is 0 Å². The predicted molar refractivity (Wildman–Crippen MR) is 71.0 cm³/mol. The van der Waals surface area contributed by atoms with Crippen LogP contribution in [0.15, 0.2) is 12.3 Å². The highest BCUT2D eigenvalue weighted by atomic mass is 15.3. The summed E-state index contributed by atoms with van der Waals surface area (Å²) in [6.45, 7) is 6.17. The summed E-state index contributed by atoms with van der Waals surface area (Å²) >= 11 is 0. The molecule has 96 valence electrons. The van der Waals surface area contributed by atoms with Gasteiger partial charge in [-0.3, -0.25) is 4.68 Å². The van der Waals surface area contributed by atoms with Gasteiger partial charge in [-0.1, -0.05) is 0 Å². The van der Waals surface area contributed by atoms with E-state index in [2.05, 4.69) is 35.0 Å². The van der Waals surface area contributed by atoms with Crippen molar-refractivity contribution in [3.05, 3.63) is 29.2 Å². The Kier molecular flexibility index (Phi) is 3.18. The average Bonchev–Trinajstić information content (AvgIpc) is 2.64. The molecule has 0 amide bonds. The molecule has 2 heterocycles. The van der Waals surface area contributed by atoms with E-state index < -0.39 is 0 Å². The number of anilines is 2. The molecule has 2 aromatic heterocycles. The zero-order chi connectivity index (χ0) is 13.3. The third kappa shape index (κ3) is 2.42. The van der Waals surface area contributed by atoms with Crippen LogP contribution in [0.4, 0.5) is 11.8 Å². The highest BCUT2D eigenvalue weighted by Gasteiger charge is 2.11. The maximum atomic E-state index is 5.84. The molecular weight excluding hydrogens is 228 g/mol. The van der Waals surface area contributed by atoms with Crippen LogP contribution in [0.2, 0.25) is 0 Å². The Balaban J connectivity index is 2.33. The number of nitrogens with two attached hydrogens (primary N) is 2. The Hall–Kier alpha value is -2.11. The molecule has 0 aliphatic carbocycles. The van der Waals surface area contributed by atoms with Crippen molar-refractivity contribution in [3.8, 4) is 0 Å². The first kappa shape index (κ1) is 12.3. The highest BCUT2D eigenvalue weighted by Crippen LogP contribution is 2.18. The third-order valence-electron chi connectivity index (χ3n) is 2.71. The largest absolute Gasteiger partial charge is 0.383 e. The van der Waals surface area contributed by atoms with E-state index >= 15 is 0 Å². The molecule has 0 bridgehead atoms. The number of aromatic nitrogens is 4. The van der Waals surface area contributed by atoms with Crippen molar-refractivity contribution in [1.82, 2.24) is 19.7 Å². The van der Waals surface area contributed by atoms with Gasteiger partial charge in [-0.2, -0.15) is 10.1 Å². The van der Waals surface area contributed by atoms with Crippen LogP contribution in [0.25, 0.3) is 0 Å². The van der Waals surface area contributed by atoms with Crippen LogP contribution in [0.3, 0.4) is 0 Å². The molecule has 2 aromatic rings. The summed E-state index contributed by atoms with van der Waals surface area (Å²) in [5.74, 6) is 0.626. The van der Waals surface area contributed by atoms with Gasteiger partial charge in [0.1, 0.15) is 5.82 Å². The summed E-state index contributed by atoms with van der Waals surface area (Å²) in [4.78, 5) is 7.94. The Bertz CT molecular complexity index is 558. The second-order valence-corrected chi connectivity index (χ2v) is 4.63. The molecule has 6 heteroatoms. The lowest BCUT2D eigenvalue weighted by Gasteiger charge is -2.11. The molecule has 0 atom stereocenters. The first-order valence-electron chi connectivity index (χ1n) is 5.89. The second kappa shape index (κ2) is 4.64. The fourth-order valence-electron chi connectivity index (χ4n) is 1.92. The Morgan fingerprint density at radius 1 is 1.33 bits per heavy atom. The molecule has 0 aliphatic heterocycles. The van der Waals surface area contributed by atoms with E-state index in [9.17, 15) is 0 Å². The first-order valence-corrected chi connectivity index (χ1v) is 5.89. The minimum absolute atomic E-state index is 0.199. The zero-order valence-corrected chi connectivity index (χ0v) is 10.9. The molecule has 0 radical (unpaired) electrons. The van der Waals surface area contributed by atoms with Crippen molar-refractivity contribution >= 4 is 11.8 Å². The average molecular weight is 246 g/mol. The lowest BCUT2D eigenvalue weighted by molar-refractivity contribution is 0.511. The molecule has 4 N–H and O–H groups in total.